The maximum Gasteiger partial charge on any atom is 0.195 e. The van der Waals surface area contributed by atoms with Crippen molar-refractivity contribution in [3.05, 3.63) is 59.5 Å². The number of imidazole rings is 1. The number of halogens is 2. The number of thiazole rings is 1. The maximum atomic E-state index is 15.0. The fraction of sp³-hybridized carbons (Fsp3) is 0.448. The Morgan fingerprint density at radius 3 is 2.76 bits per heavy atom. The number of fused-ring (bicyclic) bond motifs is 3. The Hall–Kier alpha value is -2.68. The molecule has 2 aliphatic rings. The van der Waals surface area contributed by atoms with Gasteiger partial charge in [-0.15, -0.1) is 0 Å². The maximum absolute atomic E-state index is 15.0. The van der Waals surface area contributed by atoms with Gasteiger partial charge in [-0.3, -0.25) is 9.20 Å². The summed E-state index contributed by atoms with van der Waals surface area (Å²) in [6.45, 7) is 4.46. The molecule has 0 aliphatic carbocycles. The Labute approximate surface area is 219 Å². The van der Waals surface area contributed by atoms with E-state index in [0.717, 1.165) is 78.3 Å². The van der Waals surface area contributed by atoms with E-state index in [4.69, 9.17) is 4.98 Å². The van der Waals surface area contributed by atoms with Gasteiger partial charge >= 0.3 is 0 Å². The Morgan fingerprint density at radius 1 is 1.11 bits per heavy atom. The first-order valence-corrected chi connectivity index (χ1v) is 14.2. The lowest BCUT2D eigenvalue weighted by Crippen LogP contribution is -2.35. The minimum atomic E-state index is -0.647. The van der Waals surface area contributed by atoms with Crippen LogP contribution in [0.4, 0.5) is 8.78 Å². The highest BCUT2D eigenvalue weighted by Gasteiger charge is 2.20. The van der Waals surface area contributed by atoms with Gasteiger partial charge in [0, 0.05) is 43.4 Å². The van der Waals surface area contributed by atoms with Crippen molar-refractivity contribution in [2.75, 3.05) is 32.7 Å². The summed E-state index contributed by atoms with van der Waals surface area (Å²) in [4.78, 5) is 20.6. The summed E-state index contributed by atoms with van der Waals surface area (Å²) in [5.41, 5.74) is 3.87. The van der Waals surface area contributed by atoms with E-state index in [1.165, 1.54) is 11.3 Å². The summed E-state index contributed by atoms with van der Waals surface area (Å²) in [6.07, 6.45) is 5.85. The van der Waals surface area contributed by atoms with E-state index in [1.807, 2.05) is 40.9 Å². The third-order valence-electron chi connectivity index (χ3n) is 7.86. The Balaban J connectivity index is 1.12. The number of likely N-dealkylation sites (tertiary alicyclic amines) is 1. The molecule has 4 aromatic rings. The first-order chi connectivity index (χ1) is 18.0. The number of piperidine rings is 1. The van der Waals surface area contributed by atoms with Gasteiger partial charge in [0.25, 0.3) is 0 Å². The summed E-state index contributed by atoms with van der Waals surface area (Å²) in [5, 5.41) is 3.33. The molecule has 0 amide bonds. The Kier molecular flexibility index (Phi) is 7.06. The van der Waals surface area contributed by atoms with Crippen LogP contribution in [0.25, 0.3) is 26.4 Å². The monoisotopic (exact) mass is 522 g/mol. The molecule has 5 nitrogen and oxygen atoms in total. The van der Waals surface area contributed by atoms with Crippen LogP contribution in [-0.4, -0.2) is 59.0 Å². The third kappa shape index (κ3) is 5.19. The van der Waals surface area contributed by atoms with Crippen molar-refractivity contribution in [1.82, 2.24) is 19.6 Å². The number of rotatable bonds is 8. The molecule has 0 unspecified atom stereocenters. The topological polar surface area (TPSA) is 49.6 Å². The first-order valence-electron chi connectivity index (χ1n) is 13.4. The van der Waals surface area contributed by atoms with Crippen LogP contribution in [0.15, 0.2) is 42.6 Å². The molecule has 4 heterocycles. The SMILES string of the molecule is O=C(CCCCN1CCC(F)CC1)c1ccc2c(c1)sc1nc(-c3ccc([C@H]4CCNC4)cc3F)cn12. The summed E-state index contributed by atoms with van der Waals surface area (Å²) in [7, 11) is 0. The van der Waals surface area contributed by atoms with Crippen LogP contribution in [0.1, 0.15) is 60.4 Å². The second kappa shape index (κ2) is 10.6. The molecule has 0 radical (unpaired) electrons. The van der Waals surface area contributed by atoms with Crippen LogP contribution < -0.4 is 5.32 Å². The number of nitrogens with zero attached hydrogens (tertiary/aromatic N) is 3. The Bertz CT molecular complexity index is 1420. The third-order valence-corrected chi connectivity index (χ3v) is 8.88. The van der Waals surface area contributed by atoms with Gasteiger partial charge < -0.3 is 10.2 Å². The number of carbonyl (C=O) groups is 1. The van der Waals surface area contributed by atoms with E-state index in [1.54, 1.807) is 6.07 Å². The molecular weight excluding hydrogens is 490 g/mol. The molecule has 1 N–H and O–H groups in total. The van der Waals surface area contributed by atoms with Gasteiger partial charge in [-0.2, -0.15) is 0 Å². The average Bonchev–Trinajstić information content (AvgIpc) is 3.64. The van der Waals surface area contributed by atoms with Crippen molar-refractivity contribution in [1.29, 1.82) is 0 Å². The standard InChI is InChI=1S/C29H32F2N4OS/c30-22-9-13-34(14-10-22)12-2-1-3-27(36)20-5-7-26-28(16-20)37-29-33-25(18-35(26)29)23-6-4-19(15-24(23)31)21-8-11-32-17-21/h4-7,15-16,18,21-22,32H,1-3,8-14,17H2/t21-/m0/s1. The van der Waals surface area contributed by atoms with Crippen molar-refractivity contribution >= 4 is 32.3 Å². The number of hydrogen-bond acceptors (Lipinski definition) is 5. The first kappa shape index (κ1) is 24.6. The van der Waals surface area contributed by atoms with Crippen LogP contribution in [0, 0.1) is 5.82 Å². The van der Waals surface area contributed by atoms with Crippen molar-refractivity contribution < 1.29 is 13.6 Å². The molecule has 8 heteroatoms. The molecule has 2 aromatic heterocycles. The van der Waals surface area contributed by atoms with E-state index in [9.17, 15) is 9.18 Å². The molecule has 37 heavy (non-hydrogen) atoms. The van der Waals surface area contributed by atoms with Crippen molar-refractivity contribution in [2.24, 2.45) is 0 Å². The van der Waals surface area contributed by atoms with Crippen molar-refractivity contribution in [2.45, 2.75) is 50.6 Å². The molecule has 2 aromatic carbocycles. The number of aromatic nitrogens is 2. The van der Waals surface area contributed by atoms with Crippen LogP contribution in [0.3, 0.4) is 0 Å². The van der Waals surface area contributed by atoms with Crippen molar-refractivity contribution in [3.8, 4) is 11.3 Å². The highest BCUT2D eigenvalue weighted by Crippen LogP contribution is 2.33. The summed E-state index contributed by atoms with van der Waals surface area (Å²) < 4.78 is 31.3. The van der Waals surface area contributed by atoms with Crippen LogP contribution in [-0.2, 0) is 0 Å². The fourth-order valence-electron chi connectivity index (χ4n) is 5.63. The molecule has 2 fully saturated rings. The number of benzene rings is 2. The van der Waals surface area contributed by atoms with Crippen LogP contribution >= 0.6 is 11.3 Å². The summed E-state index contributed by atoms with van der Waals surface area (Å²) >= 11 is 1.52. The molecular formula is C29H32F2N4OS. The predicted octanol–water partition coefficient (Wildman–Crippen LogP) is 6.22. The summed E-state index contributed by atoms with van der Waals surface area (Å²) in [5.74, 6) is 0.282. The Morgan fingerprint density at radius 2 is 1.97 bits per heavy atom. The van der Waals surface area contributed by atoms with E-state index >= 15 is 4.39 Å². The van der Waals surface area contributed by atoms with Gasteiger partial charge in [0.1, 0.15) is 12.0 Å². The number of nitrogens with one attached hydrogen (secondary N) is 1. The molecule has 0 saturated carbocycles. The van der Waals surface area contributed by atoms with Gasteiger partial charge in [0.2, 0.25) is 0 Å². The van der Waals surface area contributed by atoms with E-state index < -0.39 is 6.17 Å². The van der Waals surface area contributed by atoms with Gasteiger partial charge in [-0.1, -0.05) is 17.4 Å². The fourth-order valence-corrected chi connectivity index (χ4v) is 6.67. The average molecular weight is 523 g/mol. The van der Waals surface area contributed by atoms with Gasteiger partial charge in [-0.25, -0.2) is 13.8 Å². The quantitative estimate of drug-likeness (QED) is 0.221. The minimum absolute atomic E-state index is 0.149. The zero-order valence-electron chi connectivity index (χ0n) is 20.9. The molecule has 2 aliphatic heterocycles. The summed E-state index contributed by atoms with van der Waals surface area (Å²) in [6, 6.07) is 11.3. The second-order valence-electron chi connectivity index (χ2n) is 10.4. The number of ketones is 1. The lowest BCUT2D eigenvalue weighted by molar-refractivity contribution is 0.0976. The largest absolute Gasteiger partial charge is 0.316 e. The highest BCUT2D eigenvalue weighted by molar-refractivity contribution is 7.23. The predicted molar refractivity (Wildman–Crippen MR) is 145 cm³/mol. The number of alkyl halides is 1. The highest BCUT2D eigenvalue weighted by atomic mass is 32.1. The zero-order chi connectivity index (χ0) is 25.4. The van der Waals surface area contributed by atoms with E-state index in [0.29, 0.717) is 36.4 Å². The van der Waals surface area contributed by atoms with E-state index in [2.05, 4.69) is 10.2 Å². The second-order valence-corrected chi connectivity index (χ2v) is 11.4. The number of hydrogen-bond donors (Lipinski definition) is 1. The van der Waals surface area contributed by atoms with Gasteiger partial charge in [-0.05, 0) is 87.0 Å². The number of unbranched alkanes of at least 4 members (excludes halogenated alkanes) is 1. The zero-order valence-corrected chi connectivity index (χ0v) is 21.7. The van der Waals surface area contributed by atoms with Crippen LogP contribution in [0.2, 0.25) is 0 Å². The lowest BCUT2D eigenvalue weighted by atomic mass is 9.96. The van der Waals surface area contributed by atoms with Crippen LogP contribution in [0.5, 0.6) is 0 Å². The molecule has 1 atom stereocenters. The smallest absolute Gasteiger partial charge is 0.195 e. The molecule has 0 bridgehead atoms. The normalized spacial score (nSPS) is 19.4. The van der Waals surface area contributed by atoms with E-state index in [-0.39, 0.29) is 11.6 Å². The number of carbonyl (C=O) groups excluding carboxylic acids is 1. The lowest BCUT2D eigenvalue weighted by Gasteiger charge is -2.28. The molecule has 0 spiro atoms. The van der Waals surface area contributed by atoms with Gasteiger partial charge in [0.05, 0.1) is 15.9 Å². The van der Waals surface area contributed by atoms with Crippen molar-refractivity contribution in [3.63, 3.8) is 0 Å². The molecule has 194 valence electrons. The molecule has 6 rings (SSSR count). The number of Topliss-reactive ketones (excluding diaryl/α,β-unsaturated/α-hetero) is 1. The minimum Gasteiger partial charge on any atom is -0.316 e. The van der Waals surface area contributed by atoms with Gasteiger partial charge in [0.15, 0.2) is 10.7 Å². The molecule has 2 saturated heterocycles.